The minimum absolute atomic E-state index is 0.725. The van der Waals surface area contributed by atoms with Crippen LogP contribution in [0.3, 0.4) is 0 Å². The molecule has 0 fully saturated rings. The van der Waals surface area contributed by atoms with E-state index in [2.05, 4.69) is 32.0 Å². The average molecular weight is 269 g/mol. The third-order valence-electron chi connectivity index (χ3n) is 2.90. The summed E-state index contributed by atoms with van der Waals surface area (Å²) in [5, 5.41) is 0. The molecule has 0 saturated heterocycles. The highest BCUT2D eigenvalue weighted by Crippen LogP contribution is 2.30. The first-order valence-electron chi connectivity index (χ1n) is 7.22. The number of rotatable bonds is 7. The van der Waals surface area contributed by atoms with Crippen LogP contribution in [0.15, 0.2) is 42.5 Å². The van der Waals surface area contributed by atoms with E-state index in [-0.39, 0.29) is 0 Å². The lowest BCUT2D eigenvalue weighted by molar-refractivity contribution is 0.317. The van der Waals surface area contributed by atoms with Crippen LogP contribution < -0.4 is 9.47 Å². The quantitative estimate of drug-likeness (QED) is 0.723. The molecule has 20 heavy (non-hydrogen) atoms. The molecule has 2 nitrogen and oxygen atoms in total. The standard InChI is InChI=1S/C18H21O2/c1-3-13-19-16-11-9-15(10-12-16)17-7-5-6-8-18(17)20-14-4-2/h5-6,8-12H,3-4,13-14H2,1-2H3. The van der Waals surface area contributed by atoms with Gasteiger partial charge in [-0.1, -0.05) is 38.1 Å². The number of ether oxygens (including phenoxy) is 2. The van der Waals surface area contributed by atoms with Crippen molar-refractivity contribution in [2.24, 2.45) is 0 Å². The summed E-state index contributed by atoms with van der Waals surface area (Å²) >= 11 is 0. The van der Waals surface area contributed by atoms with Crippen LogP contribution in [0.25, 0.3) is 11.1 Å². The van der Waals surface area contributed by atoms with Crippen molar-refractivity contribution >= 4 is 0 Å². The van der Waals surface area contributed by atoms with Crippen molar-refractivity contribution in [1.82, 2.24) is 0 Å². The minimum Gasteiger partial charge on any atom is -0.494 e. The van der Waals surface area contributed by atoms with Gasteiger partial charge < -0.3 is 9.47 Å². The first kappa shape index (κ1) is 14.4. The Hall–Kier alpha value is -1.96. The van der Waals surface area contributed by atoms with Crippen LogP contribution in [0.1, 0.15) is 26.7 Å². The van der Waals surface area contributed by atoms with E-state index in [1.54, 1.807) is 0 Å². The van der Waals surface area contributed by atoms with Crippen LogP contribution in [0.5, 0.6) is 11.5 Å². The van der Waals surface area contributed by atoms with Gasteiger partial charge in [0, 0.05) is 5.56 Å². The van der Waals surface area contributed by atoms with E-state index >= 15 is 0 Å². The molecule has 0 N–H and O–H groups in total. The zero-order valence-electron chi connectivity index (χ0n) is 12.2. The highest BCUT2D eigenvalue weighted by atomic mass is 16.5. The molecule has 2 aromatic rings. The molecule has 0 aliphatic carbocycles. The average Bonchev–Trinajstić information content (AvgIpc) is 2.52. The summed E-state index contributed by atoms with van der Waals surface area (Å²) in [4.78, 5) is 0. The van der Waals surface area contributed by atoms with Crippen molar-refractivity contribution in [3.05, 3.63) is 48.5 Å². The van der Waals surface area contributed by atoms with E-state index in [9.17, 15) is 0 Å². The molecule has 2 aromatic carbocycles. The first-order chi connectivity index (χ1) is 9.85. The molecule has 2 rings (SSSR count). The molecule has 1 radical (unpaired) electrons. The zero-order chi connectivity index (χ0) is 14.2. The fourth-order valence-electron chi connectivity index (χ4n) is 1.92. The predicted molar refractivity (Wildman–Crippen MR) is 82.3 cm³/mol. The van der Waals surface area contributed by atoms with E-state index in [4.69, 9.17) is 9.47 Å². The van der Waals surface area contributed by atoms with Gasteiger partial charge in [-0.3, -0.25) is 0 Å². The number of benzene rings is 2. The summed E-state index contributed by atoms with van der Waals surface area (Å²) in [6.07, 6.45) is 2.02. The Morgan fingerprint density at radius 3 is 2.30 bits per heavy atom. The maximum absolute atomic E-state index is 5.77. The highest BCUT2D eigenvalue weighted by molar-refractivity contribution is 5.70. The van der Waals surface area contributed by atoms with Crippen molar-refractivity contribution in [2.45, 2.75) is 26.7 Å². The Balaban J connectivity index is 2.18. The monoisotopic (exact) mass is 269 g/mol. The molecule has 0 aliphatic heterocycles. The van der Waals surface area contributed by atoms with Gasteiger partial charge in [-0.25, -0.2) is 0 Å². The molecule has 0 atom stereocenters. The smallest absolute Gasteiger partial charge is 0.127 e. The minimum atomic E-state index is 0.725. The molecular weight excluding hydrogens is 248 g/mol. The Kier molecular flexibility index (Phi) is 5.48. The Bertz CT molecular complexity index is 517. The Labute approximate surface area is 121 Å². The van der Waals surface area contributed by atoms with Gasteiger partial charge in [0.25, 0.3) is 0 Å². The van der Waals surface area contributed by atoms with E-state index < -0.39 is 0 Å². The maximum atomic E-state index is 5.77. The van der Waals surface area contributed by atoms with Crippen molar-refractivity contribution in [3.63, 3.8) is 0 Å². The van der Waals surface area contributed by atoms with Gasteiger partial charge in [-0.2, -0.15) is 0 Å². The van der Waals surface area contributed by atoms with Gasteiger partial charge in [-0.05, 0) is 42.7 Å². The molecule has 0 heterocycles. The second-order valence-corrected chi connectivity index (χ2v) is 4.63. The van der Waals surface area contributed by atoms with Gasteiger partial charge in [0.15, 0.2) is 0 Å². The lowest BCUT2D eigenvalue weighted by atomic mass is 10.0. The second kappa shape index (κ2) is 7.59. The normalized spacial score (nSPS) is 10.3. The molecule has 0 spiro atoms. The van der Waals surface area contributed by atoms with Gasteiger partial charge in [0.2, 0.25) is 0 Å². The summed E-state index contributed by atoms with van der Waals surface area (Å²) in [6.45, 7) is 5.68. The van der Waals surface area contributed by atoms with E-state index in [0.29, 0.717) is 0 Å². The number of hydrogen-bond acceptors (Lipinski definition) is 2. The van der Waals surface area contributed by atoms with Gasteiger partial charge in [-0.15, -0.1) is 0 Å². The van der Waals surface area contributed by atoms with Crippen LogP contribution in [-0.2, 0) is 0 Å². The Morgan fingerprint density at radius 1 is 0.900 bits per heavy atom. The molecule has 0 bridgehead atoms. The van der Waals surface area contributed by atoms with Crippen molar-refractivity contribution < 1.29 is 9.47 Å². The molecule has 105 valence electrons. The second-order valence-electron chi connectivity index (χ2n) is 4.63. The lowest BCUT2D eigenvalue weighted by Crippen LogP contribution is -1.97. The van der Waals surface area contributed by atoms with Crippen LogP contribution in [0.2, 0.25) is 0 Å². The molecule has 0 aromatic heterocycles. The van der Waals surface area contributed by atoms with Crippen molar-refractivity contribution in [2.75, 3.05) is 13.2 Å². The maximum Gasteiger partial charge on any atom is 0.127 e. The molecule has 0 amide bonds. The Morgan fingerprint density at radius 2 is 1.60 bits per heavy atom. The summed E-state index contributed by atoms with van der Waals surface area (Å²) < 4.78 is 11.4. The largest absolute Gasteiger partial charge is 0.494 e. The zero-order valence-corrected chi connectivity index (χ0v) is 12.2. The molecule has 2 heteroatoms. The van der Waals surface area contributed by atoms with Gasteiger partial charge >= 0.3 is 0 Å². The van der Waals surface area contributed by atoms with E-state index in [1.807, 2.05) is 30.3 Å². The van der Waals surface area contributed by atoms with Crippen molar-refractivity contribution in [1.29, 1.82) is 0 Å². The van der Waals surface area contributed by atoms with Crippen molar-refractivity contribution in [3.8, 4) is 22.6 Å². The van der Waals surface area contributed by atoms with Crippen LogP contribution in [0.4, 0.5) is 0 Å². The van der Waals surface area contributed by atoms with Crippen LogP contribution in [0, 0.1) is 6.07 Å². The topological polar surface area (TPSA) is 18.5 Å². The van der Waals surface area contributed by atoms with E-state index in [0.717, 1.165) is 48.7 Å². The lowest BCUT2D eigenvalue weighted by Gasteiger charge is -2.11. The van der Waals surface area contributed by atoms with Gasteiger partial charge in [0.1, 0.15) is 11.5 Å². The van der Waals surface area contributed by atoms with Crippen LogP contribution >= 0.6 is 0 Å². The SMILES string of the molecule is CCCOc1ccc(-c2[c]cccc2OCCC)cc1. The summed E-state index contributed by atoms with van der Waals surface area (Å²) in [5.74, 6) is 1.79. The number of hydrogen-bond donors (Lipinski definition) is 0. The van der Waals surface area contributed by atoms with Crippen LogP contribution in [-0.4, -0.2) is 13.2 Å². The third kappa shape index (κ3) is 3.77. The van der Waals surface area contributed by atoms with Gasteiger partial charge in [0.05, 0.1) is 13.2 Å². The third-order valence-corrected chi connectivity index (χ3v) is 2.90. The first-order valence-corrected chi connectivity index (χ1v) is 7.22. The fraction of sp³-hybridized carbons (Fsp3) is 0.333. The molecular formula is C18H21O2. The summed E-state index contributed by atoms with van der Waals surface area (Å²) in [5.41, 5.74) is 2.10. The fourth-order valence-corrected chi connectivity index (χ4v) is 1.92. The highest BCUT2D eigenvalue weighted by Gasteiger charge is 2.06. The summed E-state index contributed by atoms with van der Waals surface area (Å²) in [6, 6.07) is 17.2. The predicted octanol–water partition coefficient (Wildman–Crippen LogP) is 4.73. The molecule has 0 aliphatic rings. The molecule has 0 unspecified atom stereocenters. The van der Waals surface area contributed by atoms with E-state index in [1.165, 1.54) is 0 Å². The summed E-state index contributed by atoms with van der Waals surface area (Å²) in [7, 11) is 0. The molecule has 0 saturated carbocycles.